The van der Waals surface area contributed by atoms with Gasteiger partial charge in [-0.05, 0) is 18.2 Å². The number of ether oxygens (including phenoxy) is 2. The summed E-state index contributed by atoms with van der Waals surface area (Å²) in [5.41, 5.74) is 0.563. The molecule has 0 aliphatic carbocycles. The molecule has 0 bridgehead atoms. The first-order chi connectivity index (χ1) is 8.83. The topological polar surface area (TPSA) is 53.4 Å². The third-order valence-corrected chi connectivity index (χ3v) is 2.49. The van der Waals surface area contributed by atoms with E-state index in [1.807, 2.05) is 10.8 Å². The van der Waals surface area contributed by atoms with E-state index in [0.717, 1.165) is 6.29 Å². The Balaban J connectivity index is 2.00. The number of benzene rings is 1. The molecule has 0 aliphatic rings. The second-order valence-electron chi connectivity index (χ2n) is 3.68. The summed E-state index contributed by atoms with van der Waals surface area (Å²) in [4.78, 5) is 14.7. The molecule has 0 unspecified atom stereocenters. The maximum absolute atomic E-state index is 10.7. The molecule has 2 rings (SSSR count). The van der Waals surface area contributed by atoms with Crippen LogP contribution in [0.3, 0.4) is 0 Å². The summed E-state index contributed by atoms with van der Waals surface area (Å²) in [7, 11) is 1.57. The number of aromatic nitrogens is 2. The second kappa shape index (κ2) is 5.86. The van der Waals surface area contributed by atoms with Gasteiger partial charge >= 0.3 is 0 Å². The summed E-state index contributed by atoms with van der Waals surface area (Å²) in [5, 5.41) is 0. The summed E-state index contributed by atoms with van der Waals surface area (Å²) in [5.74, 6) is 1.19. The zero-order valence-corrected chi connectivity index (χ0v) is 10.1. The van der Waals surface area contributed by atoms with Gasteiger partial charge in [0, 0.05) is 18.0 Å². The Labute approximate surface area is 105 Å². The zero-order valence-electron chi connectivity index (χ0n) is 10.1. The van der Waals surface area contributed by atoms with Crippen LogP contribution < -0.4 is 9.47 Å². The minimum atomic E-state index is 0.481. The number of methoxy groups -OCH3 is 1. The van der Waals surface area contributed by atoms with E-state index in [-0.39, 0.29) is 0 Å². The fourth-order valence-electron chi connectivity index (χ4n) is 1.56. The molecule has 0 spiro atoms. The standard InChI is InChI=1S/C13H14N2O3/c1-17-12-3-2-11(9-16)8-13(12)18-7-6-15-5-4-14-10-15/h2-5,8-10H,6-7H2,1H3. The van der Waals surface area contributed by atoms with E-state index in [4.69, 9.17) is 9.47 Å². The Kier molecular flexibility index (Phi) is 3.96. The predicted octanol–water partition coefficient (Wildman–Crippen LogP) is 1.78. The van der Waals surface area contributed by atoms with Gasteiger partial charge in [0.1, 0.15) is 12.9 Å². The van der Waals surface area contributed by atoms with Gasteiger partial charge < -0.3 is 14.0 Å². The van der Waals surface area contributed by atoms with Crippen molar-refractivity contribution in [3.8, 4) is 11.5 Å². The van der Waals surface area contributed by atoms with Crippen molar-refractivity contribution in [3.63, 3.8) is 0 Å². The van der Waals surface area contributed by atoms with E-state index in [9.17, 15) is 4.79 Å². The number of hydrogen-bond donors (Lipinski definition) is 0. The molecule has 5 nitrogen and oxygen atoms in total. The van der Waals surface area contributed by atoms with Crippen LogP contribution in [-0.2, 0) is 6.54 Å². The first-order valence-electron chi connectivity index (χ1n) is 5.55. The van der Waals surface area contributed by atoms with Gasteiger partial charge in [-0.15, -0.1) is 0 Å². The zero-order chi connectivity index (χ0) is 12.8. The number of carbonyl (C=O) groups is 1. The highest BCUT2D eigenvalue weighted by atomic mass is 16.5. The van der Waals surface area contributed by atoms with Crippen LogP contribution in [0.25, 0.3) is 0 Å². The van der Waals surface area contributed by atoms with Crippen molar-refractivity contribution in [3.05, 3.63) is 42.5 Å². The number of rotatable bonds is 6. The van der Waals surface area contributed by atoms with Crippen molar-refractivity contribution in [2.24, 2.45) is 0 Å². The van der Waals surface area contributed by atoms with E-state index in [2.05, 4.69) is 4.98 Å². The SMILES string of the molecule is COc1ccc(C=O)cc1OCCn1ccnc1. The number of hydrogen-bond acceptors (Lipinski definition) is 4. The van der Waals surface area contributed by atoms with E-state index in [1.165, 1.54) is 0 Å². The molecule has 5 heteroatoms. The molecule has 0 radical (unpaired) electrons. The molecule has 0 fully saturated rings. The molecule has 0 aliphatic heterocycles. The molecule has 94 valence electrons. The summed E-state index contributed by atoms with van der Waals surface area (Å²) in [6.45, 7) is 1.17. The van der Waals surface area contributed by atoms with Gasteiger partial charge in [0.15, 0.2) is 11.5 Å². The lowest BCUT2D eigenvalue weighted by molar-refractivity contribution is 0.112. The molecular formula is C13H14N2O3. The largest absolute Gasteiger partial charge is 0.493 e. The molecule has 1 aromatic carbocycles. The maximum atomic E-state index is 10.7. The molecule has 2 aromatic rings. The van der Waals surface area contributed by atoms with Crippen molar-refractivity contribution in [1.29, 1.82) is 0 Å². The van der Waals surface area contributed by atoms with Gasteiger partial charge in [-0.2, -0.15) is 0 Å². The van der Waals surface area contributed by atoms with Crippen molar-refractivity contribution < 1.29 is 14.3 Å². The molecule has 1 heterocycles. The lowest BCUT2D eigenvalue weighted by Crippen LogP contribution is -2.07. The fraction of sp³-hybridized carbons (Fsp3) is 0.231. The lowest BCUT2D eigenvalue weighted by Gasteiger charge is -2.11. The highest BCUT2D eigenvalue weighted by Crippen LogP contribution is 2.27. The minimum Gasteiger partial charge on any atom is -0.493 e. The first-order valence-corrected chi connectivity index (χ1v) is 5.55. The first kappa shape index (κ1) is 12.2. The summed E-state index contributed by atoms with van der Waals surface area (Å²) in [6.07, 6.45) is 6.08. The van der Waals surface area contributed by atoms with Gasteiger partial charge in [0.25, 0.3) is 0 Å². The third kappa shape index (κ3) is 2.88. The van der Waals surface area contributed by atoms with Gasteiger partial charge in [0.05, 0.1) is 20.0 Å². The molecule has 0 atom stereocenters. The van der Waals surface area contributed by atoms with Crippen molar-refractivity contribution in [2.45, 2.75) is 6.54 Å². The van der Waals surface area contributed by atoms with Crippen LogP contribution in [0.2, 0.25) is 0 Å². The molecule has 0 N–H and O–H groups in total. The number of aldehydes is 1. The quantitative estimate of drug-likeness (QED) is 0.729. The average molecular weight is 246 g/mol. The molecule has 1 aromatic heterocycles. The van der Waals surface area contributed by atoms with Crippen LogP contribution in [0.4, 0.5) is 0 Å². The monoisotopic (exact) mass is 246 g/mol. The van der Waals surface area contributed by atoms with E-state index >= 15 is 0 Å². The highest BCUT2D eigenvalue weighted by Gasteiger charge is 2.05. The Hall–Kier alpha value is -2.30. The molecule has 18 heavy (non-hydrogen) atoms. The summed E-state index contributed by atoms with van der Waals surface area (Å²) < 4.78 is 12.7. The second-order valence-corrected chi connectivity index (χ2v) is 3.68. The average Bonchev–Trinajstić information content (AvgIpc) is 2.92. The van der Waals surface area contributed by atoms with Crippen molar-refractivity contribution in [2.75, 3.05) is 13.7 Å². The van der Waals surface area contributed by atoms with Gasteiger partial charge in [-0.25, -0.2) is 4.98 Å². The van der Waals surface area contributed by atoms with Crippen molar-refractivity contribution in [1.82, 2.24) is 9.55 Å². The maximum Gasteiger partial charge on any atom is 0.161 e. The van der Waals surface area contributed by atoms with E-state index in [0.29, 0.717) is 30.2 Å². The Morgan fingerprint density at radius 3 is 2.94 bits per heavy atom. The lowest BCUT2D eigenvalue weighted by atomic mass is 10.2. The number of carbonyl (C=O) groups excluding carboxylic acids is 1. The molecule has 0 amide bonds. The van der Waals surface area contributed by atoms with Gasteiger partial charge in [-0.1, -0.05) is 0 Å². The Morgan fingerprint density at radius 1 is 1.39 bits per heavy atom. The normalized spacial score (nSPS) is 10.1. The molecule has 0 saturated carbocycles. The van der Waals surface area contributed by atoms with Gasteiger partial charge in [-0.3, -0.25) is 4.79 Å². The van der Waals surface area contributed by atoms with Crippen LogP contribution in [0, 0.1) is 0 Å². The van der Waals surface area contributed by atoms with Crippen LogP contribution in [0.1, 0.15) is 10.4 Å². The Bertz CT molecular complexity index is 509. The predicted molar refractivity (Wildman–Crippen MR) is 66.1 cm³/mol. The molecular weight excluding hydrogens is 232 g/mol. The van der Waals surface area contributed by atoms with Crippen LogP contribution in [-0.4, -0.2) is 29.6 Å². The third-order valence-electron chi connectivity index (χ3n) is 2.49. The minimum absolute atomic E-state index is 0.481. The van der Waals surface area contributed by atoms with Crippen LogP contribution in [0.5, 0.6) is 11.5 Å². The summed E-state index contributed by atoms with van der Waals surface area (Å²) >= 11 is 0. The highest BCUT2D eigenvalue weighted by molar-refractivity contribution is 5.76. The van der Waals surface area contributed by atoms with Crippen LogP contribution >= 0.6 is 0 Å². The summed E-state index contributed by atoms with van der Waals surface area (Å²) in [6, 6.07) is 5.07. The molecule has 0 saturated heterocycles. The van der Waals surface area contributed by atoms with E-state index in [1.54, 1.807) is 37.8 Å². The van der Waals surface area contributed by atoms with E-state index < -0.39 is 0 Å². The fourth-order valence-corrected chi connectivity index (χ4v) is 1.56. The van der Waals surface area contributed by atoms with Crippen molar-refractivity contribution >= 4 is 6.29 Å². The smallest absolute Gasteiger partial charge is 0.161 e. The number of nitrogens with zero attached hydrogens (tertiary/aromatic N) is 2. The Morgan fingerprint density at radius 2 is 2.28 bits per heavy atom. The van der Waals surface area contributed by atoms with Gasteiger partial charge in [0.2, 0.25) is 0 Å². The van der Waals surface area contributed by atoms with Crippen LogP contribution in [0.15, 0.2) is 36.9 Å². The number of imidazole rings is 1.